The fraction of sp³-hybridized carbons (Fsp3) is 0.750. The normalized spacial score (nSPS) is 22.4. The van der Waals surface area contributed by atoms with Gasteiger partial charge in [0.2, 0.25) is 11.9 Å². The number of hydroxylamine groups is 1. The van der Waals surface area contributed by atoms with Gasteiger partial charge >= 0.3 is 5.97 Å². The van der Waals surface area contributed by atoms with Crippen molar-refractivity contribution in [2.75, 3.05) is 6.61 Å². The van der Waals surface area contributed by atoms with E-state index in [2.05, 4.69) is 15.8 Å². The molecule has 29 heavy (non-hydrogen) atoms. The number of hydrogen-bond donors (Lipinski definition) is 3. The van der Waals surface area contributed by atoms with Gasteiger partial charge < -0.3 is 20.5 Å². The zero-order chi connectivity index (χ0) is 22.0. The number of esters is 1. The Morgan fingerprint density at radius 1 is 1.28 bits per heavy atom. The van der Waals surface area contributed by atoms with Crippen molar-refractivity contribution in [2.24, 2.45) is 10.7 Å². The van der Waals surface area contributed by atoms with Crippen LogP contribution in [0.15, 0.2) is 16.6 Å². The van der Waals surface area contributed by atoms with E-state index in [1.54, 1.807) is 13.0 Å². The van der Waals surface area contributed by atoms with Crippen molar-refractivity contribution < 1.29 is 23.9 Å². The average molecular weight is 413 g/mol. The largest absolute Gasteiger partial charge is 0.463 e. The Labute approximate surface area is 173 Å². The van der Waals surface area contributed by atoms with E-state index in [4.69, 9.17) is 20.0 Å². The minimum atomic E-state index is -0.537. The van der Waals surface area contributed by atoms with Crippen LogP contribution >= 0.6 is 0 Å². The number of carbonyl (C=O) groups excluding carboxylic acids is 2. The zero-order valence-corrected chi connectivity index (χ0v) is 18.4. The van der Waals surface area contributed by atoms with Crippen molar-refractivity contribution in [2.45, 2.75) is 91.2 Å². The molecule has 0 aromatic heterocycles. The third-order valence-corrected chi connectivity index (χ3v) is 4.43. The molecule has 166 valence electrons. The van der Waals surface area contributed by atoms with E-state index in [1.807, 2.05) is 27.7 Å². The summed E-state index contributed by atoms with van der Waals surface area (Å²) in [6.45, 7) is 11.2. The van der Waals surface area contributed by atoms with Crippen LogP contribution in [0.2, 0.25) is 0 Å². The number of ether oxygens (including phenoxy) is 2. The number of aliphatic imine (C=N–C) groups is 1. The van der Waals surface area contributed by atoms with Gasteiger partial charge in [-0.2, -0.15) is 0 Å². The summed E-state index contributed by atoms with van der Waals surface area (Å²) in [5.74, 6) is -0.575. The Morgan fingerprint density at radius 2 is 1.93 bits per heavy atom. The first-order chi connectivity index (χ1) is 13.7. The second kappa shape index (κ2) is 12.4. The number of nitrogens with two attached hydrogens (primary N) is 1. The smallest absolute Gasteiger partial charge is 0.333 e. The van der Waals surface area contributed by atoms with Crippen LogP contribution < -0.4 is 16.5 Å². The van der Waals surface area contributed by atoms with Crippen molar-refractivity contribution in [1.29, 1.82) is 0 Å². The molecule has 1 aliphatic carbocycles. The first-order valence-electron chi connectivity index (χ1n) is 10.3. The van der Waals surface area contributed by atoms with E-state index in [1.165, 1.54) is 6.92 Å². The molecule has 0 radical (unpaired) electrons. The van der Waals surface area contributed by atoms with Gasteiger partial charge in [-0.3, -0.25) is 9.63 Å². The van der Waals surface area contributed by atoms with Gasteiger partial charge in [-0.25, -0.2) is 15.3 Å². The Balaban J connectivity index is 3.23. The van der Waals surface area contributed by atoms with Gasteiger partial charge in [-0.15, -0.1) is 0 Å². The molecule has 0 aliphatic heterocycles. The fourth-order valence-electron chi connectivity index (χ4n) is 3.07. The molecule has 4 N–H and O–H groups in total. The molecule has 0 spiro atoms. The van der Waals surface area contributed by atoms with Gasteiger partial charge in [0.15, 0.2) is 0 Å². The van der Waals surface area contributed by atoms with Crippen molar-refractivity contribution in [1.82, 2.24) is 10.8 Å². The molecular formula is C20H36N4O5. The lowest BCUT2D eigenvalue weighted by Crippen LogP contribution is -2.54. The number of carbonyl (C=O) groups is 2. The van der Waals surface area contributed by atoms with Crippen LogP contribution in [0.5, 0.6) is 0 Å². The molecule has 0 saturated heterocycles. The molecule has 1 amide bonds. The van der Waals surface area contributed by atoms with E-state index >= 15 is 0 Å². The summed E-state index contributed by atoms with van der Waals surface area (Å²) >= 11 is 0. The average Bonchev–Trinajstić information content (AvgIpc) is 2.66. The highest BCUT2D eigenvalue weighted by atomic mass is 16.7. The molecule has 0 bridgehead atoms. The first kappa shape index (κ1) is 24.9. The van der Waals surface area contributed by atoms with Crippen LogP contribution in [0, 0.1) is 0 Å². The number of guanidine groups is 1. The summed E-state index contributed by atoms with van der Waals surface area (Å²) in [6.07, 6.45) is 2.96. The second-order valence-electron chi connectivity index (χ2n) is 7.23. The molecule has 0 saturated carbocycles. The number of amides is 1. The van der Waals surface area contributed by atoms with E-state index in [0.29, 0.717) is 5.57 Å². The van der Waals surface area contributed by atoms with Crippen LogP contribution in [-0.4, -0.2) is 54.8 Å². The van der Waals surface area contributed by atoms with Crippen molar-refractivity contribution >= 4 is 17.8 Å². The lowest BCUT2D eigenvalue weighted by molar-refractivity contribution is -0.139. The molecule has 0 aromatic carbocycles. The molecule has 1 aliphatic rings. The van der Waals surface area contributed by atoms with E-state index in [0.717, 1.165) is 12.8 Å². The Kier molecular flexibility index (Phi) is 10.7. The highest BCUT2D eigenvalue weighted by molar-refractivity contribution is 5.89. The maximum Gasteiger partial charge on any atom is 0.333 e. The van der Waals surface area contributed by atoms with Crippen molar-refractivity contribution in [3.05, 3.63) is 11.6 Å². The van der Waals surface area contributed by atoms with Crippen LogP contribution in [0.1, 0.15) is 60.8 Å². The standard InChI is InChI=1S/C20H36N4O5/c1-7-15(8-2)28-17-11-14(19(26)27-9-3)10-16(18(17)22-13(6)25)23-20(21)24-29-12(4)5/h11-12,15-18H,7-10H2,1-6H3,(H,22,25)(H3,21,23,24)/t16-,17+,18+/m0/s1. The van der Waals surface area contributed by atoms with Gasteiger partial charge in [0, 0.05) is 18.9 Å². The Hall–Kier alpha value is -2.13. The van der Waals surface area contributed by atoms with Crippen LogP contribution in [-0.2, 0) is 23.9 Å². The number of nitrogens with zero attached hydrogens (tertiary/aromatic N) is 1. The summed E-state index contributed by atoms with van der Waals surface area (Å²) < 4.78 is 11.4. The van der Waals surface area contributed by atoms with E-state index in [-0.39, 0.29) is 37.1 Å². The minimum Gasteiger partial charge on any atom is -0.463 e. The van der Waals surface area contributed by atoms with Crippen molar-refractivity contribution in [3.8, 4) is 0 Å². The molecule has 3 atom stereocenters. The predicted molar refractivity (Wildman–Crippen MR) is 111 cm³/mol. The van der Waals surface area contributed by atoms with Crippen LogP contribution in [0.25, 0.3) is 0 Å². The zero-order valence-electron chi connectivity index (χ0n) is 18.4. The third-order valence-electron chi connectivity index (χ3n) is 4.43. The highest BCUT2D eigenvalue weighted by Gasteiger charge is 2.38. The maximum absolute atomic E-state index is 12.4. The maximum atomic E-state index is 12.4. The van der Waals surface area contributed by atoms with E-state index in [9.17, 15) is 9.59 Å². The summed E-state index contributed by atoms with van der Waals surface area (Å²) in [5.41, 5.74) is 8.99. The van der Waals surface area contributed by atoms with Gasteiger partial charge in [0.1, 0.15) is 0 Å². The molecule has 0 unspecified atom stereocenters. The number of hydrogen-bond acceptors (Lipinski definition) is 6. The van der Waals surface area contributed by atoms with E-state index < -0.39 is 24.2 Å². The SMILES string of the molecule is CCOC(=O)C1=C[C@@H](OC(CC)CC)[C@H](NC(C)=O)[C@@H](N=C(N)NOC(C)C)C1. The lowest BCUT2D eigenvalue weighted by Gasteiger charge is -2.36. The topological polar surface area (TPSA) is 124 Å². The highest BCUT2D eigenvalue weighted by Crippen LogP contribution is 2.27. The quantitative estimate of drug-likeness (QED) is 0.215. The predicted octanol–water partition coefficient (Wildman–Crippen LogP) is 1.57. The molecule has 0 heterocycles. The van der Waals surface area contributed by atoms with Crippen LogP contribution in [0.3, 0.4) is 0 Å². The summed E-state index contributed by atoms with van der Waals surface area (Å²) in [7, 11) is 0. The number of rotatable bonds is 10. The summed E-state index contributed by atoms with van der Waals surface area (Å²) in [6, 6.07) is -1.00. The monoisotopic (exact) mass is 412 g/mol. The fourth-order valence-corrected chi connectivity index (χ4v) is 3.07. The molecule has 9 nitrogen and oxygen atoms in total. The summed E-state index contributed by atoms with van der Waals surface area (Å²) in [4.78, 5) is 34.0. The van der Waals surface area contributed by atoms with Crippen LogP contribution in [0.4, 0.5) is 0 Å². The van der Waals surface area contributed by atoms with Gasteiger partial charge in [0.05, 0.1) is 37.0 Å². The number of nitrogens with one attached hydrogen (secondary N) is 2. The van der Waals surface area contributed by atoms with Gasteiger partial charge in [-0.1, -0.05) is 13.8 Å². The molecule has 0 aromatic rings. The first-order valence-corrected chi connectivity index (χ1v) is 10.3. The lowest BCUT2D eigenvalue weighted by atomic mass is 9.88. The third kappa shape index (κ3) is 8.41. The molecule has 1 rings (SSSR count). The second-order valence-corrected chi connectivity index (χ2v) is 7.23. The molecular weight excluding hydrogens is 376 g/mol. The Morgan fingerprint density at radius 3 is 2.45 bits per heavy atom. The van der Waals surface area contributed by atoms with Gasteiger partial charge in [0.25, 0.3) is 0 Å². The van der Waals surface area contributed by atoms with Crippen molar-refractivity contribution in [3.63, 3.8) is 0 Å². The minimum absolute atomic E-state index is 0.0153. The Bertz CT molecular complexity index is 602. The summed E-state index contributed by atoms with van der Waals surface area (Å²) in [5, 5.41) is 2.91. The molecule has 0 fully saturated rings. The van der Waals surface area contributed by atoms with Gasteiger partial charge in [-0.05, 0) is 39.7 Å². The molecule has 9 heteroatoms.